The van der Waals surface area contributed by atoms with Gasteiger partial charge < -0.3 is 20.0 Å². The summed E-state index contributed by atoms with van der Waals surface area (Å²) in [6, 6.07) is 12.1. The molecule has 1 aliphatic heterocycles. The Balaban J connectivity index is 1.36. The number of guanidine groups is 1. The first-order valence-electron chi connectivity index (χ1n) is 9.45. The number of furan rings is 1. The van der Waals surface area contributed by atoms with Gasteiger partial charge in [-0.15, -0.1) is 0 Å². The third-order valence-electron chi connectivity index (χ3n) is 5.15. The Labute approximate surface area is 169 Å². The Hall–Kier alpha value is -2.73. The predicted molar refractivity (Wildman–Crippen MR) is 114 cm³/mol. The Morgan fingerprint density at radius 1 is 1.32 bits per heavy atom. The monoisotopic (exact) mass is 397 g/mol. The molecule has 146 valence electrons. The van der Waals surface area contributed by atoms with Crippen LogP contribution in [0.1, 0.15) is 17.7 Å². The van der Waals surface area contributed by atoms with Gasteiger partial charge in [0.2, 0.25) is 0 Å². The van der Waals surface area contributed by atoms with Crippen LogP contribution in [0.15, 0.2) is 52.0 Å². The van der Waals surface area contributed by atoms with Crippen LogP contribution in [0.3, 0.4) is 0 Å². The molecule has 1 unspecified atom stereocenters. The van der Waals surface area contributed by atoms with Crippen LogP contribution in [0.5, 0.6) is 0 Å². The number of hydrogen-bond donors (Lipinski definition) is 2. The molecular weight excluding hydrogens is 374 g/mol. The molecule has 1 atom stereocenters. The topological polar surface area (TPSA) is 65.7 Å². The van der Waals surface area contributed by atoms with Crippen LogP contribution in [0, 0.1) is 6.92 Å². The Morgan fingerprint density at radius 2 is 2.18 bits per heavy atom. The summed E-state index contributed by atoms with van der Waals surface area (Å²) in [4.78, 5) is 11.0. The molecule has 2 aromatic heterocycles. The van der Waals surface area contributed by atoms with Crippen molar-refractivity contribution in [3.05, 3.63) is 58.9 Å². The summed E-state index contributed by atoms with van der Waals surface area (Å²) in [5.74, 6) is 2.53. The lowest BCUT2D eigenvalue weighted by Gasteiger charge is -2.20. The summed E-state index contributed by atoms with van der Waals surface area (Å²) >= 11 is 6.28. The first-order chi connectivity index (χ1) is 13.7. The first kappa shape index (κ1) is 18.6. The molecule has 1 aromatic carbocycles. The van der Waals surface area contributed by atoms with E-state index in [4.69, 9.17) is 16.0 Å². The summed E-state index contributed by atoms with van der Waals surface area (Å²) in [6.45, 7) is 4.42. The number of aromatic nitrogens is 1. The van der Waals surface area contributed by atoms with Gasteiger partial charge in [-0.3, -0.25) is 4.99 Å². The van der Waals surface area contributed by atoms with Crippen molar-refractivity contribution in [3.8, 4) is 0 Å². The van der Waals surface area contributed by atoms with Gasteiger partial charge in [-0.1, -0.05) is 29.8 Å². The van der Waals surface area contributed by atoms with Crippen molar-refractivity contribution in [2.24, 2.45) is 4.99 Å². The van der Waals surface area contributed by atoms with E-state index in [-0.39, 0.29) is 6.04 Å². The Morgan fingerprint density at radius 3 is 2.96 bits per heavy atom. The molecule has 3 aromatic rings. The number of aliphatic imine (C=N–C) groups is 1. The van der Waals surface area contributed by atoms with Crippen LogP contribution >= 0.6 is 11.6 Å². The van der Waals surface area contributed by atoms with E-state index in [1.54, 1.807) is 13.2 Å². The number of nitrogens with one attached hydrogen (secondary N) is 2. The van der Waals surface area contributed by atoms with E-state index in [0.29, 0.717) is 11.6 Å². The summed E-state index contributed by atoms with van der Waals surface area (Å²) < 4.78 is 5.98. The van der Waals surface area contributed by atoms with Crippen molar-refractivity contribution in [1.29, 1.82) is 0 Å². The second-order valence-corrected chi connectivity index (χ2v) is 7.36. The van der Waals surface area contributed by atoms with Crippen molar-refractivity contribution in [2.75, 3.05) is 25.0 Å². The largest absolute Gasteiger partial charge is 0.459 e. The molecule has 0 radical (unpaired) electrons. The molecule has 6 nitrogen and oxygen atoms in total. The predicted octanol–water partition coefficient (Wildman–Crippen LogP) is 3.73. The van der Waals surface area contributed by atoms with Gasteiger partial charge in [0, 0.05) is 43.3 Å². The van der Waals surface area contributed by atoms with Crippen molar-refractivity contribution >= 4 is 34.3 Å². The van der Waals surface area contributed by atoms with Crippen molar-refractivity contribution in [3.63, 3.8) is 0 Å². The maximum atomic E-state index is 6.28. The smallest absolute Gasteiger partial charge is 0.191 e. The number of hydrogen-bond acceptors (Lipinski definition) is 4. The van der Waals surface area contributed by atoms with Gasteiger partial charge in [0.05, 0.1) is 11.6 Å². The molecule has 2 N–H and O–H groups in total. The number of benzene rings is 1. The summed E-state index contributed by atoms with van der Waals surface area (Å²) in [5.41, 5.74) is 2.08. The lowest BCUT2D eigenvalue weighted by Crippen LogP contribution is -2.44. The van der Waals surface area contributed by atoms with Crippen LogP contribution in [-0.4, -0.2) is 37.1 Å². The minimum atomic E-state index is 0.279. The van der Waals surface area contributed by atoms with Gasteiger partial charge in [0.1, 0.15) is 17.2 Å². The van der Waals surface area contributed by atoms with Crippen molar-refractivity contribution in [2.45, 2.75) is 25.9 Å². The molecule has 1 saturated heterocycles. The highest BCUT2D eigenvalue weighted by molar-refractivity contribution is 6.32. The van der Waals surface area contributed by atoms with Crippen LogP contribution in [0.4, 0.5) is 5.82 Å². The highest BCUT2D eigenvalue weighted by Crippen LogP contribution is 2.26. The number of para-hydroxylation sites is 1. The van der Waals surface area contributed by atoms with E-state index in [0.717, 1.165) is 53.6 Å². The van der Waals surface area contributed by atoms with Gasteiger partial charge in [-0.25, -0.2) is 4.98 Å². The zero-order chi connectivity index (χ0) is 19.5. The molecule has 3 heterocycles. The average molecular weight is 398 g/mol. The summed E-state index contributed by atoms with van der Waals surface area (Å²) in [6.07, 6.45) is 2.77. The SMILES string of the molecule is CN=C(NCc1oc2ccccc2c1C)NC1CCN(c2ncccc2Cl)C1. The molecule has 0 saturated carbocycles. The van der Waals surface area contributed by atoms with Gasteiger partial charge in [-0.2, -0.15) is 0 Å². The van der Waals surface area contributed by atoms with Gasteiger partial charge in [0.15, 0.2) is 5.96 Å². The molecule has 0 spiro atoms. The number of anilines is 1. The molecule has 0 aliphatic carbocycles. The average Bonchev–Trinajstić information content (AvgIpc) is 3.30. The fourth-order valence-electron chi connectivity index (χ4n) is 3.63. The standard InChI is InChI=1S/C21H24ClN5O/c1-14-16-6-3-4-8-18(16)28-19(14)12-25-21(23-2)26-15-9-11-27(13-15)20-17(22)7-5-10-24-20/h3-8,10,15H,9,11-13H2,1-2H3,(H2,23,25,26). The molecule has 1 fully saturated rings. The zero-order valence-electron chi connectivity index (χ0n) is 16.1. The van der Waals surface area contributed by atoms with Crippen molar-refractivity contribution in [1.82, 2.24) is 15.6 Å². The van der Waals surface area contributed by atoms with Crippen LogP contribution < -0.4 is 15.5 Å². The van der Waals surface area contributed by atoms with E-state index < -0.39 is 0 Å². The van der Waals surface area contributed by atoms with E-state index in [1.807, 2.05) is 30.3 Å². The lowest BCUT2D eigenvalue weighted by molar-refractivity contribution is 0.532. The number of rotatable bonds is 4. The first-order valence-corrected chi connectivity index (χ1v) is 9.83. The molecule has 0 amide bonds. The fourth-order valence-corrected chi connectivity index (χ4v) is 3.87. The third-order valence-corrected chi connectivity index (χ3v) is 5.45. The van der Waals surface area contributed by atoms with Crippen LogP contribution in [-0.2, 0) is 6.54 Å². The second-order valence-electron chi connectivity index (χ2n) is 6.96. The van der Waals surface area contributed by atoms with Crippen LogP contribution in [0.25, 0.3) is 11.0 Å². The quantitative estimate of drug-likeness (QED) is 0.518. The Bertz CT molecular complexity index is 999. The number of pyridine rings is 1. The van der Waals surface area contributed by atoms with Crippen molar-refractivity contribution < 1.29 is 4.42 Å². The normalized spacial score (nSPS) is 17.3. The van der Waals surface area contributed by atoms with E-state index in [2.05, 4.69) is 38.5 Å². The fraction of sp³-hybridized carbons (Fsp3) is 0.333. The zero-order valence-corrected chi connectivity index (χ0v) is 16.8. The summed E-state index contributed by atoms with van der Waals surface area (Å²) in [7, 11) is 1.78. The van der Waals surface area contributed by atoms with E-state index in [1.165, 1.54) is 0 Å². The molecule has 4 rings (SSSR count). The van der Waals surface area contributed by atoms with E-state index >= 15 is 0 Å². The number of halogens is 1. The lowest BCUT2D eigenvalue weighted by atomic mass is 10.1. The minimum absolute atomic E-state index is 0.279. The third kappa shape index (κ3) is 3.78. The highest BCUT2D eigenvalue weighted by atomic mass is 35.5. The maximum Gasteiger partial charge on any atom is 0.191 e. The molecule has 0 bridgehead atoms. The van der Waals surface area contributed by atoms with E-state index in [9.17, 15) is 0 Å². The number of fused-ring (bicyclic) bond motifs is 1. The molecule has 28 heavy (non-hydrogen) atoms. The Kier molecular flexibility index (Phi) is 5.39. The number of aryl methyl sites for hydroxylation is 1. The van der Waals surface area contributed by atoms with Gasteiger partial charge >= 0.3 is 0 Å². The minimum Gasteiger partial charge on any atom is -0.459 e. The second kappa shape index (κ2) is 8.10. The molecule has 1 aliphatic rings. The maximum absolute atomic E-state index is 6.28. The molecule has 7 heteroatoms. The van der Waals surface area contributed by atoms with Gasteiger partial charge in [0.25, 0.3) is 0 Å². The number of nitrogens with zero attached hydrogens (tertiary/aromatic N) is 3. The van der Waals surface area contributed by atoms with Crippen LogP contribution in [0.2, 0.25) is 5.02 Å². The van der Waals surface area contributed by atoms with Gasteiger partial charge in [-0.05, 0) is 31.5 Å². The summed E-state index contributed by atoms with van der Waals surface area (Å²) in [5, 5.41) is 8.70. The molecular formula is C21H24ClN5O. The highest BCUT2D eigenvalue weighted by Gasteiger charge is 2.25.